The van der Waals surface area contributed by atoms with Gasteiger partial charge in [0.15, 0.2) is 6.10 Å². The molecule has 2 aromatic rings. The van der Waals surface area contributed by atoms with Crippen LogP contribution in [0.5, 0.6) is 5.75 Å². The predicted molar refractivity (Wildman–Crippen MR) is 109 cm³/mol. The topological polar surface area (TPSA) is 84.9 Å². The number of ether oxygens (including phenoxy) is 2. The van der Waals surface area contributed by atoms with Crippen LogP contribution in [0.4, 0.5) is 5.00 Å². The van der Waals surface area contributed by atoms with Crippen molar-refractivity contribution in [2.24, 2.45) is 0 Å². The van der Waals surface area contributed by atoms with Gasteiger partial charge < -0.3 is 19.7 Å². The number of nitrogens with one attached hydrogen (secondary N) is 1. The fourth-order valence-corrected chi connectivity index (χ4v) is 3.77. The van der Waals surface area contributed by atoms with E-state index in [0.717, 1.165) is 11.3 Å². The molecule has 0 bridgehead atoms. The molecule has 0 aliphatic carbocycles. The first-order valence-corrected chi connectivity index (χ1v) is 9.51. The smallest absolute Gasteiger partial charge is 0.341 e. The van der Waals surface area contributed by atoms with Crippen LogP contribution in [-0.4, -0.2) is 50.0 Å². The fraction of sp³-hybridized carbons (Fsp3) is 0.316. The summed E-state index contributed by atoms with van der Waals surface area (Å²) in [6, 6.07) is 6.67. The predicted octanol–water partition coefficient (Wildman–Crippen LogP) is 3.60. The highest BCUT2D eigenvalue weighted by atomic mass is 35.5. The maximum absolute atomic E-state index is 12.6. The minimum atomic E-state index is -0.862. The molecule has 1 aromatic carbocycles. The van der Waals surface area contributed by atoms with Crippen LogP contribution in [0.25, 0.3) is 0 Å². The van der Waals surface area contributed by atoms with Gasteiger partial charge in [-0.05, 0) is 37.6 Å². The van der Waals surface area contributed by atoms with E-state index < -0.39 is 18.0 Å². The van der Waals surface area contributed by atoms with E-state index in [0.29, 0.717) is 21.2 Å². The van der Waals surface area contributed by atoms with Gasteiger partial charge in [0, 0.05) is 19.1 Å². The average molecular weight is 425 g/mol. The number of thiophene rings is 1. The zero-order chi connectivity index (χ0) is 21.0. The van der Waals surface area contributed by atoms with Crippen molar-refractivity contribution in [1.82, 2.24) is 4.90 Å². The second-order valence-corrected chi connectivity index (χ2v) is 7.62. The Hall–Kier alpha value is -2.58. The van der Waals surface area contributed by atoms with E-state index in [1.165, 1.54) is 12.0 Å². The zero-order valence-corrected chi connectivity index (χ0v) is 17.7. The van der Waals surface area contributed by atoms with Crippen molar-refractivity contribution in [1.29, 1.82) is 0 Å². The molecule has 1 aromatic heterocycles. The quantitative estimate of drug-likeness (QED) is 0.716. The van der Waals surface area contributed by atoms with E-state index in [1.54, 1.807) is 52.2 Å². The summed E-state index contributed by atoms with van der Waals surface area (Å²) in [5, 5.41) is 3.39. The minimum absolute atomic E-state index is 0.154. The highest BCUT2D eigenvalue weighted by Crippen LogP contribution is 2.34. The molecule has 7 nitrogen and oxygen atoms in total. The Morgan fingerprint density at radius 2 is 1.93 bits per heavy atom. The standard InChI is InChI=1S/C19H21ClN2O5S/c1-10-14(19(25)26-5)17(28-15(10)18(24)22(3)4)21-16(23)11(2)27-13-8-6-7-12(20)9-13/h6-9,11H,1-5H3,(H,21,23). The molecule has 9 heteroatoms. The van der Waals surface area contributed by atoms with Crippen molar-refractivity contribution in [2.45, 2.75) is 20.0 Å². The summed E-state index contributed by atoms with van der Waals surface area (Å²) in [4.78, 5) is 38.9. The first-order valence-electron chi connectivity index (χ1n) is 8.32. The van der Waals surface area contributed by atoms with E-state index in [9.17, 15) is 14.4 Å². The Bertz CT molecular complexity index is 910. The van der Waals surface area contributed by atoms with Gasteiger partial charge in [0.2, 0.25) is 0 Å². The maximum atomic E-state index is 12.6. The van der Waals surface area contributed by atoms with E-state index >= 15 is 0 Å². The third-order valence-electron chi connectivity index (χ3n) is 3.85. The summed E-state index contributed by atoms with van der Waals surface area (Å²) >= 11 is 6.94. The molecule has 0 spiro atoms. The molecule has 150 valence electrons. The Morgan fingerprint density at radius 3 is 2.50 bits per heavy atom. The highest BCUT2D eigenvalue weighted by molar-refractivity contribution is 7.18. The SMILES string of the molecule is COC(=O)c1c(NC(=O)C(C)Oc2cccc(Cl)c2)sc(C(=O)N(C)C)c1C. The Labute approximate surface area is 172 Å². The molecular weight excluding hydrogens is 404 g/mol. The van der Waals surface area contributed by atoms with Crippen LogP contribution in [0.15, 0.2) is 24.3 Å². The number of hydrogen-bond donors (Lipinski definition) is 1. The van der Waals surface area contributed by atoms with Crippen LogP contribution >= 0.6 is 22.9 Å². The van der Waals surface area contributed by atoms with Crippen molar-refractivity contribution in [3.05, 3.63) is 45.3 Å². The van der Waals surface area contributed by atoms with Gasteiger partial charge >= 0.3 is 5.97 Å². The number of nitrogens with zero attached hydrogens (tertiary/aromatic N) is 1. The van der Waals surface area contributed by atoms with Crippen LogP contribution in [0.3, 0.4) is 0 Å². The van der Waals surface area contributed by atoms with Gasteiger partial charge in [0.05, 0.1) is 17.6 Å². The Kier molecular flexibility index (Phi) is 7.04. The largest absolute Gasteiger partial charge is 0.481 e. The third-order valence-corrected chi connectivity index (χ3v) is 5.28. The van der Waals surface area contributed by atoms with Gasteiger partial charge in [0.1, 0.15) is 10.8 Å². The van der Waals surface area contributed by atoms with E-state index in [4.69, 9.17) is 21.1 Å². The number of benzene rings is 1. The lowest BCUT2D eigenvalue weighted by molar-refractivity contribution is -0.122. The summed E-state index contributed by atoms with van der Waals surface area (Å²) in [6.07, 6.45) is -0.862. The first-order chi connectivity index (χ1) is 13.1. The van der Waals surface area contributed by atoms with Crippen LogP contribution < -0.4 is 10.1 Å². The van der Waals surface area contributed by atoms with Crippen molar-refractivity contribution < 1.29 is 23.9 Å². The van der Waals surface area contributed by atoms with Crippen molar-refractivity contribution in [3.63, 3.8) is 0 Å². The molecule has 0 aliphatic rings. The second kappa shape index (κ2) is 9.07. The van der Waals surface area contributed by atoms with Crippen molar-refractivity contribution in [2.75, 3.05) is 26.5 Å². The van der Waals surface area contributed by atoms with Crippen molar-refractivity contribution in [3.8, 4) is 5.75 Å². The molecule has 0 saturated heterocycles. The van der Waals surface area contributed by atoms with Gasteiger partial charge in [-0.3, -0.25) is 9.59 Å². The highest BCUT2D eigenvalue weighted by Gasteiger charge is 2.28. The third kappa shape index (κ3) is 4.82. The maximum Gasteiger partial charge on any atom is 0.341 e. The van der Waals surface area contributed by atoms with Crippen molar-refractivity contribution >= 4 is 45.7 Å². The molecule has 1 heterocycles. The van der Waals surface area contributed by atoms with E-state index in [1.807, 2.05) is 0 Å². The van der Waals surface area contributed by atoms with Gasteiger partial charge in [0.25, 0.3) is 11.8 Å². The lowest BCUT2D eigenvalue weighted by Gasteiger charge is -2.15. The van der Waals surface area contributed by atoms with Gasteiger partial charge in [-0.1, -0.05) is 17.7 Å². The number of halogens is 1. The molecule has 28 heavy (non-hydrogen) atoms. The number of methoxy groups -OCH3 is 1. The Balaban J connectivity index is 2.28. The molecule has 0 saturated carbocycles. The molecule has 0 fully saturated rings. The van der Waals surface area contributed by atoms with Crippen LogP contribution in [0.2, 0.25) is 5.02 Å². The zero-order valence-electron chi connectivity index (χ0n) is 16.2. The van der Waals surface area contributed by atoms with Gasteiger partial charge in [-0.15, -0.1) is 11.3 Å². The van der Waals surface area contributed by atoms with E-state index in [2.05, 4.69) is 5.32 Å². The Morgan fingerprint density at radius 1 is 1.25 bits per heavy atom. The lowest BCUT2D eigenvalue weighted by atomic mass is 10.1. The summed E-state index contributed by atoms with van der Waals surface area (Å²) in [5.41, 5.74) is 0.607. The number of rotatable bonds is 6. The summed E-state index contributed by atoms with van der Waals surface area (Å²) in [7, 11) is 4.46. The molecule has 1 N–H and O–H groups in total. The van der Waals surface area contributed by atoms with Gasteiger partial charge in [-0.2, -0.15) is 0 Å². The summed E-state index contributed by atoms with van der Waals surface area (Å²) < 4.78 is 10.4. The molecule has 1 atom stereocenters. The number of hydrogen-bond acceptors (Lipinski definition) is 6. The molecule has 2 rings (SSSR count). The minimum Gasteiger partial charge on any atom is -0.481 e. The fourth-order valence-electron chi connectivity index (χ4n) is 2.37. The molecular formula is C19H21ClN2O5S. The van der Waals surface area contributed by atoms with Crippen LogP contribution in [0.1, 0.15) is 32.5 Å². The molecule has 1 unspecified atom stereocenters. The second-order valence-electron chi connectivity index (χ2n) is 6.16. The number of carbonyl (C=O) groups is 3. The first kappa shape index (κ1) is 21.7. The monoisotopic (exact) mass is 424 g/mol. The lowest BCUT2D eigenvalue weighted by Crippen LogP contribution is -2.30. The molecule has 2 amide bonds. The molecule has 0 aliphatic heterocycles. The summed E-state index contributed by atoms with van der Waals surface area (Å²) in [6.45, 7) is 3.21. The van der Waals surface area contributed by atoms with Gasteiger partial charge in [-0.25, -0.2) is 4.79 Å². The average Bonchev–Trinajstić information content (AvgIpc) is 2.96. The number of anilines is 1. The molecule has 0 radical (unpaired) electrons. The summed E-state index contributed by atoms with van der Waals surface area (Å²) in [5.74, 6) is -0.939. The normalized spacial score (nSPS) is 11.5. The van der Waals surface area contributed by atoms with Crippen LogP contribution in [0, 0.1) is 6.92 Å². The number of amides is 2. The van der Waals surface area contributed by atoms with Crippen LogP contribution in [-0.2, 0) is 9.53 Å². The number of esters is 1. The van der Waals surface area contributed by atoms with E-state index in [-0.39, 0.29) is 16.5 Å². The number of carbonyl (C=O) groups excluding carboxylic acids is 3.